The van der Waals surface area contributed by atoms with Crippen molar-refractivity contribution in [2.75, 3.05) is 6.54 Å². The van der Waals surface area contributed by atoms with Crippen LogP contribution in [0.3, 0.4) is 0 Å². The van der Waals surface area contributed by atoms with Crippen LogP contribution in [-0.4, -0.2) is 62.0 Å². The molecule has 1 aliphatic rings. The lowest BCUT2D eigenvalue weighted by atomic mass is 9.94. The van der Waals surface area contributed by atoms with Crippen molar-refractivity contribution in [2.45, 2.75) is 63.7 Å². The van der Waals surface area contributed by atoms with E-state index in [0.29, 0.717) is 13.0 Å². The number of rotatable bonds is 5. The van der Waals surface area contributed by atoms with E-state index in [-0.39, 0.29) is 12.5 Å². The predicted octanol–water partition coefficient (Wildman–Crippen LogP) is 1.07. The molecule has 0 aromatic rings. The van der Waals surface area contributed by atoms with Crippen LogP contribution < -0.4 is 0 Å². The second-order valence-corrected chi connectivity index (χ2v) is 6.48. The topological polar surface area (TPSA) is 124 Å². The molecule has 0 bridgehead atoms. The molecule has 1 amide bonds. The average Bonchev–Trinajstić information content (AvgIpc) is 2.81. The first-order valence-corrected chi connectivity index (χ1v) is 7.16. The van der Waals surface area contributed by atoms with Gasteiger partial charge in [-0.25, -0.2) is 14.4 Å². The van der Waals surface area contributed by atoms with E-state index in [9.17, 15) is 19.5 Å². The number of aliphatic hydroxyl groups is 1. The monoisotopic (exact) mass is 317 g/mol. The summed E-state index contributed by atoms with van der Waals surface area (Å²) in [7, 11) is 0. The molecule has 8 heteroatoms. The van der Waals surface area contributed by atoms with Crippen LogP contribution in [-0.2, 0) is 14.3 Å². The molecule has 1 aliphatic heterocycles. The standard InChI is InChI=1S/C14H23NO7/c1-13(2,3)22-12(20)15-8-4-5-9(15)6-7-14(21,10(16)17)11(18)19/h9,21H,4-8H2,1-3H3,(H,16,17)(H,18,19)/t9-/m0/s1. The molecule has 1 saturated heterocycles. The van der Waals surface area contributed by atoms with Crippen molar-refractivity contribution in [1.82, 2.24) is 4.90 Å². The zero-order valence-corrected chi connectivity index (χ0v) is 13.0. The molecule has 22 heavy (non-hydrogen) atoms. The number of aliphatic carboxylic acids is 2. The molecular weight excluding hydrogens is 294 g/mol. The Morgan fingerprint density at radius 1 is 1.18 bits per heavy atom. The third-order valence-electron chi connectivity index (χ3n) is 3.55. The Kier molecular flexibility index (Phi) is 5.39. The van der Waals surface area contributed by atoms with Gasteiger partial charge in [0.2, 0.25) is 0 Å². The van der Waals surface area contributed by atoms with Crippen molar-refractivity contribution in [3.8, 4) is 0 Å². The lowest BCUT2D eigenvalue weighted by molar-refractivity contribution is -0.176. The van der Waals surface area contributed by atoms with Gasteiger partial charge in [-0.15, -0.1) is 0 Å². The largest absolute Gasteiger partial charge is 0.479 e. The van der Waals surface area contributed by atoms with E-state index in [4.69, 9.17) is 14.9 Å². The molecule has 3 N–H and O–H groups in total. The van der Waals surface area contributed by atoms with Gasteiger partial charge in [0, 0.05) is 19.0 Å². The Morgan fingerprint density at radius 2 is 1.73 bits per heavy atom. The normalized spacial score (nSPS) is 19.1. The molecule has 0 spiro atoms. The summed E-state index contributed by atoms with van der Waals surface area (Å²) >= 11 is 0. The highest BCUT2D eigenvalue weighted by Crippen LogP contribution is 2.26. The summed E-state index contributed by atoms with van der Waals surface area (Å²) in [6.45, 7) is 5.69. The van der Waals surface area contributed by atoms with Crippen molar-refractivity contribution in [1.29, 1.82) is 0 Å². The first-order chi connectivity index (χ1) is 9.97. The molecule has 1 fully saturated rings. The number of carboxylic acids is 2. The fraction of sp³-hybridized carbons (Fsp3) is 0.786. The summed E-state index contributed by atoms with van der Waals surface area (Å²) < 4.78 is 5.27. The summed E-state index contributed by atoms with van der Waals surface area (Å²) in [6.07, 6.45) is 0.441. The Labute approximate surface area is 128 Å². The minimum Gasteiger partial charge on any atom is -0.479 e. The van der Waals surface area contributed by atoms with Gasteiger partial charge in [0.1, 0.15) is 5.60 Å². The third kappa shape index (κ3) is 4.33. The number of amides is 1. The number of nitrogens with zero attached hydrogens (tertiary/aromatic N) is 1. The minimum absolute atomic E-state index is 0.0777. The van der Waals surface area contributed by atoms with E-state index < -0.39 is 35.7 Å². The molecule has 0 aliphatic carbocycles. The van der Waals surface area contributed by atoms with Gasteiger partial charge in [-0.1, -0.05) is 0 Å². The summed E-state index contributed by atoms with van der Waals surface area (Å²) in [6, 6.07) is -0.333. The van der Waals surface area contributed by atoms with Gasteiger partial charge in [0.05, 0.1) is 0 Å². The molecule has 1 heterocycles. The smallest absolute Gasteiger partial charge is 0.410 e. The van der Waals surface area contributed by atoms with Crippen LogP contribution in [0.4, 0.5) is 4.79 Å². The van der Waals surface area contributed by atoms with Gasteiger partial charge in [-0.05, 0) is 40.0 Å². The fourth-order valence-electron chi connectivity index (χ4n) is 2.38. The van der Waals surface area contributed by atoms with Crippen molar-refractivity contribution in [2.24, 2.45) is 0 Å². The molecule has 0 radical (unpaired) electrons. The van der Waals surface area contributed by atoms with Crippen molar-refractivity contribution < 1.29 is 34.4 Å². The molecule has 8 nitrogen and oxygen atoms in total. The maximum Gasteiger partial charge on any atom is 0.410 e. The van der Waals surface area contributed by atoms with Gasteiger partial charge in [0.15, 0.2) is 0 Å². The van der Waals surface area contributed by atoms with Crippen LogP contribution in [0.2, 0.25) is 0 Å². The number of hydrogen-bond acceptors (Lipinski definition) is 5. The second-order valence-electron chi connectivity index (χ2n) is 6.48. The highest BCUT2D eigenvalue weighted by molar-refractivity contribution is 6.01. The van der Waals surface area contributed by atoms with Crippen LogP contribution in [0.5, 0.6) is 0 Å². The van der Waals surface area contributed by atoms with Crippen LogP contribution in [0.1, 0.15) is 46.5 Å². The Balaban J connectivity index is 2.70. The molecule has 0 aromatic carbocycles. The number of carboxylic acid groups (broad SMARTS) is 2. The lowest BCUT2D eigenvalue weighted by Crippen LogP contribution is -2.48. The Morgan fingerprint density at radius 3 is 2.18 bits per heavy atom. The van der Waals surface area contributed by atoms with Crippen molar-refractivity contribution in [3.05, 3.63) is 0 Å². The fourth-order valence-corrected chi connectivity index (χ4v) is 2.38. The summed E-state index contributed by atoms with van der Waals surface area (Å²) in [4.78, 5) is 35.4. The first-order valence-electron chi connectivity index (χ1n) is 7.16. The van der Waals surface area contributed by atoms with Crippen LogP contribution in [0, 0.1) is 0 Å². The first kappa shape index (κ1) is 18.2. The Bertz CT molecular complexity index is 441. The molecule has 0 unspecified atom stereocenters. The maximum absolute atomic E-state index is 12.1. The summed E-state index contributed by atoms with van der Waals surface area (Å²) in [5, 5.41) is 27.4. The van der Waals surface area contributed by atoms with Crippen molar-refractivity contribution >= 4 is 18.0 Å². The lowest BCUT2D eigenvalue weighted by Gasteiger charge is -2.29. The van der Waals surface area contributed by atoms with E-state index in [1.807, 2.05) is 0 Å². The van der Waals surface area contributed by atoms with E-state index >= 15 is 0 Å². The van der Waals surface area contributed by atoms with Crippen LogP contribution >= 0.6 is 0 Å². The van der Waals surface area contributed by atoms with Crippen LogP contribution in [0.15, 0.2) is 0 Å². The van der Waals surface area contributed by atoms with E-state index in [2.05, 4.69) is 0 Å². The molecule has 1 atom stereocenters. The van der Waals surface area contributed by atoms with Crippen molar-refractivity contribution in [3.63, 3.8) is 0 Å². The quantitative estimate of drug-likeness (QED) is 0.648. The SMILES string of the molecule is CC(C)(C)OC(=O)N1CCC[C@H]1CCC(O)(C(=O)O)C(=O)O. The summed E-state index contributed by atoms with van der Waals surface area (Å²) in [5.74, 6) is -3.61. The van der Waals surface area contributed by atoms with E-state index in [0.717, 1.165) is 6.42 Å². The Hall–Kier alpha value is -1.83. The number of hydrogen-bond donors (Lipinski definition) is 3. The molecule has 126 valence electrons. The molecule has 1 rings (SSSR count). The highest BCUT2D eigenvalue weighted by atomic mass is 16.6. The average molecular weight is 317 g/mol. The maximum atomic E-state index is 12.1. The second kappa shape index (κ2) is 6.51. The van der Waals surface area contributed by atoms with Gasteiger partial charge in [0.25, 0.3) is 5.60 Å². The van der Waals surface area contributed by atoms with Gasteiger partial charge < -0.3 is 25.0 Å². The third-order valence-corrected chi connectivity index (χ3v) is 3.55. The number of ether oxygens (including phenoxy) is 1. The van der Waals surface area contributed by atoms with E-state index in [1.165, 1.54) is 4.90 Å². The predicted molar refractivity (Wildman–Crippen MR) is 75.4 cm³/mol. The zero-order chi connectivity index (χ0) is 17.1. The number of carbonyl (C=O) groups is 3. The van der Waals surface area contributed by atoms with Crippen LogP contribution in [0.25, 0.3) is 0 Å². The van der Waals surface area contributed by atoms with Gasteiger partial charge in [-0.2, -0.15) is 0 Å². The zero-order valence-electron chi connectivity index (χ0n) is 13.0. The highest BCUT2D eigenvalue weighted by Gasteiger charge is 2.45. The van der Waals surface area contributed by atoms with Gasteiger partial charge in [-0.3, -0.25) is 0 Å². The molecule has 0 saturated carbocycles. The minimum atomic E-state index is -2.83. The van der Waals surface area contributed by atoms with Gasteiger partial charge >= 0.3 is 18.0 Å². The number of likely N-dealkylation sites (tertiary alicyclic amines) is 1. The summed E-state index contributed by atoms with van der Waals surface area (Å²) in [5.41, 5.74) is -3.48. The molecular formula is C14H23NO7. The van der Waals surface area contributed by atoms with E-state index in [1.54, 1.807) is 20.8 Å². The molecule has 0 aromatic heterocycles. The number of carbonyl (C=O) groups excluding carboxylic acids is 1.